The van der Waals surface area contributed by atoms with Crippen LogP contribution in [-0.2, 0) is 0 Å². The zero-order chi connectivity index (χ0) is 11.3. The number of nitrogens with one attached hydrogen (secondary N) is 1. The summed E-state index contributed by atoms with van der Waals surface area (Å²) in [5.41, 5.74) is 6.00. The Morgan fingerprint density at radius 3 is 3.00 bits per heavy atom. The van der Waals surface area contributed by atoms with Crippen molar-refractivity contribution in [2.45, 2.75) is 13.3 Å². The van der Waals surface area contributed by atoms with Crippen molar-refractivity contribution in [2.75, 3.05) is 18.8 Å². The van der Waals surface area contributed by atoms with Crippen LogP contribution < -0.4 is 5.73 Å². The van der Waals surface area contributed by atoms with Crippen molar-refractivity contribution in [1.82, 2.24) is 15.1 Å². The molecule has 0 aliphatic carbocycles. The van der Waals surface area contributed by atoms with Crippen LogP contribution >= 0.6 is 0 Å². The molecule has 82 valence electrons. The van der Waals surface area contributed by atoms with E-state index in [0.717, 1.165) is 6.42 Å². The Kier molecular flexibility index (Phi) is 3.91. The summed E-state index contributed by atoms with van der Waals surface area (Å²) in [5, 5.41) is 6.27. The molecule has 1 rings (SSSR count). The highest BCUT2D eigenvalue weighted by Crippen LogP contribution is 2.10. The molecular formula is C10H16N4O. The first-order valence-electron chi connectivity index (χ1n) is 4.89. The molecule has 0 saturated carbocycles. The minimum Gasteiger partial charge on any atom is -0.383 e. The van der Waals surface area contributed by atoms with Crippen LogP contribution in [0.2, 0.25) is 0 Å². The number of aromatic amines is 1. The van der Waals surface area contributed by atoms with Crippen LogP contribution in [0.25, 0.3) is 0 Å². The second-order valence-electron chi connectivity index (χ2n) is 3.24. The molecule has 0 unspecified atom stereocenters. The minimum atomic E-state index is -0.108. The van der Waals surface area contributed by atoms with E-state index >= 15 is 0 Å². The lowest BCUT2D eigenvalue weighted by Gasteiger charge is -2.19. The van der Waals surface area contributed by atoms with Gasteiger partial charge in [0.05, 0.1) is 6.20 Å². The zero-order valence-electron chi connectivity index (χ0n) is 8.86. The maximum absolute atomic E-state index is 11.9. The summed E-state index contributed by atoms with van der Waals surface area (Å²) in [6, 6.07) is 0. The summed E-state index contributed by atoms with van der Waals surface area (Å²) in [6.45, 7) is 6.85. The van der Waals surface area contributed by atoms with Gasteiger partial charge in [-0.3, -0.25) is 9.89 Å². The lowest BCUT2D eigenvalue weighted by molar-refractivity contribution is 0.0775. The van der Waals surface area contributed by atoms with Crippen LogP contribution in [0.5, 0.6) is 0 Å². The van der Waals surface area contributed by atoms with Gasteiger partial charge in [0.1, 0.15) is 11.4 Å². The maximum atomic E-state index is 11.9. The van der Waals surface area contributed by atoms with Crippen LogP contribution in [0, 0.1) is 0 Å². The largest absolute Gasteiger partial charge is 0.383 e. The van der Waals surface area contributed by atoms with Gasteiger partial charge in [0.25, 0.3) is 5.91 Å². The maximum Gasteiger partial charge on any atom is 0.259 e. The van der Waals surface area contributed by atoms with Gasteiger partial charge in [-0.05, 0) is 6.42 Å². The van der Waals surface area contributed by atoms with E-state index in [-0.39, 0.29) is 5.91 Å². The standard InChI is InChI=1S/C10H16N4O/c1-3-5-14(6-4-2)10(15)8-7-12-13-9(8)11/h3,7H,1,4-6H2,2H3,(H3,11,12,13). The van der Waals surface area contributed by atoms with Gasteiger partial charge in [-0.2, -0.15) is 5.10 Å². The van der Waals surface area contributed by atoms with Gasteiger partial charge in [-0.25, -0.2) is 0 Å². The number of nitrogens with two attached hydrogens (primary N) is 1. The van der Waals surface area contributed by atoms with Gasteiger partial charge in [0.15, 0.2) is 0 Å². The monoisotopic (exact) mass is 208 g/mol. The predicted molar refractivity (Wildman–Crippen MR) is 59.4 cm³/mol. The Labute approximate surface area is 89.0 Å². The van der Waals surface area contributed by atoms with E-state index in [1.165, 1.54) is 6.20 Å². The van der Waals surface area contributed by atoms with Crippen molar-refractivity contribution >= 4 is 11.7 Å². The van der Waals surface area contributed by atoms with Gasteiger partial charge in [-0.1, -0.05) is 13.0 Å². The number of rotatable bonds is 5. The van der Waals surface area contributed by atoms with E-state index in [0.29, 0.717) is 24.5 Å². The number of carbonyl (C=O) groups excluding carboxylic acids is 1. The number of H-pyrrole nitrogens is 1. The second kappa shape index (κ2) is 5.19. The van der Waals surface area contributed by atoms with E-state index in [1.807, 2.05) is 6.92 Å². The van der Waals surface area contributed by atoms with Crippen LogP contribution in [-0.4, -0.2) is 34.1 Å². The molecular weight excluding hydrogens is 192 g/mol. The van der Waals surface area contributed by atoms with Crippen molar-refractivity contribution in [3.63, 3.8) is 0 Å². The quantitative estimate of drug-likeness (QED) is 0.710. The van der Waals surface area contributed by atoms with Crippen LogP contribution in [0.1, 0.15) is 23.7 Å². The molecule has 3 N–H and O–H groups in total. The van der Waals surface area contributed by atoms with Crippen LogP contribution in [0.15, 0.2) is 18.9 Å². The van der Waals surface area contributed by atoms with Gasteiger partial charge < -0.3 is 10.6 Å². The summed E-state index contributed by atoms with van der Waals surface area (Å²) in [6.07, 6.45) is 4.05. The third-order valence-corrected chi connectivity index (χ3v) is 2.03. The molecule has 1 amide bonds. The first-order valence-corrected chi connectivity index (χ1v) is 4.89. The highest BCUT2D eigenvalue weighted by atomic mass is 16.2. The molecule has 1 aromatic heterocycles. The van der Waals surface area contributed by atoms with Crippen molar-refractivity contribution in [1.29, 1.82) is 0 Å². The smallest absolute Gasteiger partial charge is 0.259 e. The molecule has 5 nitrogen and oxygen atoms in total. The lowest BCUT2D eigenvalue weighted by atomic mass is 10.2. The number of carbonyl (C=O) groups is 1. The van der Waals surface area contributed by atoms with Crippen LogP contribution in [0.4, 0.5) is 5.82 Å². The highest BCUT2D eigenvalue weighted by Gasteiger charge is 2.17. The van der Waals surface area contributed by atoms with Crippen LogP contribution in [0.3, 0.4) is 0 Å². The summed E-state index contributed by atoms with van der Waals surface area (Å²) >= 11 is 0. The first kappa shape index (κ1) is 11.3. The third-order valence-electron chi connectivity index (χ3n) is 2.03. The number of nitrogen functional groups attached to an aromatic ring is 1. The van der Waals surface area contributed by atoms with Gasteiger partial charge in [0.2, 0.25) is 0 Å². The molecule has 0 aromatic carbocycles. The molecule has 15 heavy (non-hydrogen) atoms. The van der Waals surface area contributed by atoms with Gasteiger partial charge in [0, 0.05) is 13.1 Å². The Hall–Kier alpha value is -1.78. The zero-order valence-corrected chi connectivity index (χ0v) is 8.86. The molecule has 5 heteroatoms. The number of hydrogen-bond acceptors (Lipinski definition) is 3. The molecule has 0 fully saturated rings. The molecule has 0 aliphatic rings. The predicted octanol–water partition coefficient (Wildman–Crippen LogP) is 1.03. The Bertz CT molecular complexity index is 345. The molecule has 0 bridgehead atoms. The summed E-state index contributed by atoms with van der Waals surface area (Å²) < 4.78 is 0. The lowest BCUT2D eigenvalue weighted by Crippen LogP contribution is -2.32. The molecule has 1 aromatic rings. The first-order chi connectivity index (χ1) is 7.20. The number of amides is 1. The molecule has 1 heterocycles. The van der Waals surface area contributed by atoms with E-state index in [1.54, 1.807) is 11.0 Å². The Morgan fingerprint density at radius 2 is 2.53 bits per heavy atom. The minimum absolute atomic E-state index is 0.108. The Morgan fingerprint density at radius 1 is 1.80 bits per heavy atom. The van der Waals surface area contributed by atoms with Crippen molar-refractivity contribution in [2.24, 2.45) is 0 Å². The highest BCUT2D eigenvalue weighted by molar-refractivity contribution is 5.98. The molecule has 0 spiro atoms. The summed E-state index contributed by atoms with van der Waals surface area (Å²) in [7, 11) is 0. The van der Waals surface area contributed by atoms with E-state index in [2.05, 4.69) is 16.8 Å². The fourth-order valence-corrected chi connectivity index (χ4v) is 1.34. The van der Waals surface area contributed by atoms with E-state index in [4.69, 9.17) is 5.73 Å². The number of anilines is 1. The van der Waals surface area contributed by atoms with E-state index < -0.39 is 0 Å². The number of aromatic nitrogens is 2. The Balaban J connectivity index is 2.80. The molecule has 0 saturated heterocycles. The SMILES string of the molecule is C=CCN(CCC)C(=O)c1cn[nH]c1N. The third kappa shape index (κ3) is 2.59. The normalized spacial score (nSPS) is 9.93. The summed E-state index contributed by atoms with van der Waals surface area (Å²) in [5.74, 6) is 0.202. The fraction of sp³-hybridized carbons (Fsp3) is 0.400. The second-order valence-corrected chi connectivity index (χ2v) is 3.24. The van der Waals surface area contributed by atoms with Gasteiger partial charge >= 0.3 is 0 Å². The van der Waals surface area contributed by atoms with Crippen molar-refractivity contribution in [3.8, 4) is 0 Å². The number of nitrogens with zero attached hydrogens (tertiary/aromatic N) is 2. The molecule has 0 atom stereocenters. The number of hydrogen-bond donors (Lipinski definition) is 2. The fourth-order valence-electron chi connectivity index (χ4n) is 1.34. The summed E-state index contributed by atoms with van der Waals surface area (Å²) in [4.78, 5) is 13.6. The average Bonchev–Trinajstić information content (AvgIpc) is 2.63. The van der Waals surface area contributed by atoms with Crippen molar-refractivity contribution < 1.29 is 4.79 Å². The topological polar surface area (TPSA) is 75.0 Å². The van der Waals surface area contributed by atoms with Gasteiger partial charge in [-0.15, -0.1) is 6.58 Å². The average molecular weight is 208 g/mol. The van der Waals surface area contributed by atoms with Crippen molar-refractivity contribution in [3.05, 3.63) is 24.4 Å². The van der Waals surface area contributed by atoms with E-state index in [9.17, 15) is 4.79 Å². The molecule has 0 aliphatic heterocycles. The molecule has 0 radical (unpaired) electrons.